The summed E-state index contributed by atoms with van der Waals surface area (Å²) < 4.78 is 7.05. The van der Waals surface area contributed by atoms with Crippen LogP contribution in [0.4, 0.5) is 0 Å². The highest BCUT2D eigenvalue weighted by Gasteiger charge is 2.10. The molecule has 0 N–H and O–H groups in total. The molecular weight excluding hydrogens is 474 g/mol. The predicted octanol–water partition coefficient (Wildman–Crippen LogP) is 4.94. The zero-order valence-corrected chi connectivity index (χ0v) is 15.9. The Morgan fingerprint density at radius 2 is 2.00 bits per heavy atom. The molecule has 0 bridgehead atoms. The summed E-state index contributed by atoms with van der Waals surface area (Å²) in [6.07, 6.45) is 0. The van der Waals surface area contributed by atoms with Gasteiger partial charge in [0.15, 0.2) is 0 Å². The normalized spacial score (nSPS) is 10.8. The molecule has 3 nitrogen and oxygen atoms in total. The molecule has 0 radical (unpaired) electrons. The maximum atomic E-state index is 6.13. The van der Waals surface area contributed by atoms with Crippen LogP contribution in [0.3, 0.4) is 0 Å². The van der Waals surface area contributed by atoms with E-state index in [4.69, 9.17) is 16.3 Å². The van der Waals surface area contributed by atoms with Crippen molar-refractivity contribution in [1.82, 2.24) is 9.97 Å². The van der Waals surface area contributed by atoms with Gasteiger partial charge in [0.1, 0.15) is 11.0 Å². The van der Waals surface area contributed by atoms with Crippen molar-refractivity contribution in [3.8, 4) is 0 Å². The van der Waals surface area contributed by atoms with E-state index in [2.05, 4.69) is 60.6 Å². The van der Waals surface area contributed by atoms with Crippen molar-refractivity contribution >= 4 is 61.9 Å². The Labute approximate surface area is 149 Å². The van der Waals surface area contributed by atoms with Crippen LogP contribution in [0.15, 0.2) is 33.6 Å². The van der Waals surface area contributed by atoms with Gasteiger partial charge in [0, 0.05) is 16.5 Å². The summed E-state index contributed by atoms with van der Waals surface area (Å²) in [5, 5.41) is 0.485. The second-order valence-corrected chi connectivity index (χ2v) is 7.27. The van der Waals surface area contributed by atoms with Gasteiger partial charge in [0.05, 0.1) is 21.6 Å². The maximum Gasteiger partial charge on any atom is 0.146 e. The van der Waals surface area contributed by atoms with Crippen LogP contribution in [0.5, 0.6) is 0 Å². The summed E-state index contributed by atoms with van der Waals surface area (Å²) in [4.78, 5) is 9.97. The average molecular weight is 486 g/mol. The van der Waals surface area contributed by atoms with Gasteiger partial charge in [-0.1, -0.05) is 27.5 Å². The SMILES string of the molecule is COCc1nc(CSc2ccc(Br)cc2)nc(Cl)c1I. The van der Waals surface area contributed by atoms with Gasteiger partial charge in [-0.2, -0.15) is 0 Å². The number of ether oxygens (including phenoxy) is 1. The number of rotatable bonds is 5. The third-order valence-corrected chi connectivity index (χ3v) is 5.65. The van der Waals surface area contributed by atoms with Crippen LogP contribution in [-0.2, 0) is 17.1 Å². The van der Waals surface area contributed by atoms with Crippen molar-refractivity contribution in [2.75, 3.05) is 7.11 Å². The van der Waals surface area contributed by atoms with Crippen LogP contribution in [0.1, 0.15) is 11.5 Å². The molecule has 0 spiro atoms. The molecule has 0 fully saturated rings. The van der Waals surface area contributed by atoms with Gasteiger partial charge < -0.3 is 4.74 Å². The number of hydrogen-bond acceptors (Lipinski definition) is 4. The number of nitrogens with zero attached hydrogens (tertiary/aromatic N) is 2. The summed E-state index contributed by atoms with van der Waals surface area (Å²) in [5.41, 5.74) is 0.833. The molecule has 0 aliphatic rings. The Morgan fingerprint density at radius 3 is 2.65 bits per heavy atom. The van der Waals surface area contributed by atoms with Crippen LogP contribution in [0.2, 0.25) is 5.15 Å². The quantitative estimate of drug-likeness (QED) is 0.342. The Morgan fingerprint density at radius 1 is 1.30 bits per heavy atom. The third kappa shape index (κ3) is 4.56. The second kappa shape index (κ2) is 7.93. The predicted molar refractivity (Wildman–Crippen MR) is 94.2 cm³/mol. The Bertz CT molecular complexity index is 598. The third-order valence-electron chi connectivity index (χ3n) is 2.39. The number of benzene rings is 1. The minimum absolute atomic E-state index is 0.441. The zero-order valence-electron chi connectivity index (χ0n) is 10.6. The van der Waals surface area contributed by atoms with Gasteiger partial charge >= 0.3 is 0 Å². The van der Waals surface area contributed by atoms with E-state index in [9.17, 15) is 0 Å². The topological polar surface area (TPSA) is 35.0 Å². The van der Waals surface area contributed by atoms with Crippen LogP contribution < -0.4 is 0 Å². The fraction of sp³-hybridized carbons (Fsp3) is 0.231. The first kappa shape index (κ1) is 16.5. The lowest BCUT2D eigenvalue weighted by atomic mass is 10.4. The number of halogens is 3. The fourth-order valence-corrected chi connectivity index (χ4v) is 3.11. The minimum Gasteiger partial charge on any atom is -0.378 e. The van der Waals surface area contributed by atoms with Gasteiger partial charge in [0.25, 0.3) is 0 Å². The molecule has 1 heterocycles. The monoisotopic (exact) mass is 484 g/mol. The average Bonchev–Trinajstić information content (AvgIpc) is 2.44. The lowest BCUT2D eigenvalue weighted by Crippen LogP contribution is -2.03. The van der Waals surface area contributed by atoms with Crippen LogP contribution >= 0.6 is 61.9 Å². The summed E-state index contributed by atoms with van der Waals surface area (Å²) in [7, 11) is 1.64. The Hall–Kier alpha value is 0.110. The fourth-order valence-electron chi connectivity index (χ4n) is 1.49. The molecule has 0 amide bonds. The van der Waals surface area contributed by atoms with Crippen molar-refractivity contribution in [3.05, 3.63) is 49.0 Å². The molecule has 0 saturated carbocycles. The molecule has 2 rings (SSSR count). The van der Waals surface area contributed by atoms with E-state index in [0.717, 1.165) is 19.6 Å². The first-order valence-electron chi connectivity index (χ1n) is 5.68. The van der Waals surface area contributed by atoms with E-state index in [1.165, 1.54) is 4.90 Å². The molecule has 0 unspecified atom stereocenters. The first-order chi connectivity index (χ1) is 9.60. The Kier molecular flexibility index (Phi) is 6.54. The minimum atomic E-state index is 0.441. The van der Waals surface area contributed by atoms with E-state index in [1.807, 2.05) is 12.1 Å². The van der Waals surface area contributed by atoms with Crippen molar-refractivity contribution in [3.63, 3.8) is 0 Å². The lowest BCUT2D eigenvalue weighted by molar-refractivity contribution is 0.180. The standard InChI is InChI=1S/C13H11BrClIN2OS/c1-19-6-10-12(16)13(15)18-11(17-10)7-20-9-4-2-8(14)3-5-9/h2-5H,6-7H2,1H3. The second-order valence-electron chi connectivity index (χ2n) is 3.87. The summed E-state index contributed by atoms with van der Waals surface area (Å²) >= 11 is 13.4. The lowest BCUT2D eigenvalue weighted by Gasteiger charge is -2.07. The molecule has 106 valence electrons. The van der Waals surface area contributed by atoms with Gasteiger partial charge in [-0.25, -0.2) is 9.97 Å². The van der Waals surface area contributed by atoms with Crippen LogP contribution in [-0.4, -0.2) is 17.1 Å². The van der Waals surface area contributed by atoms with Gasteiger partial charge in [-0.3, -0.25) is 0 Å². The molecule has 1 aromatic heterocycles. The maximum absolute atomic E-state index is 6.13. The van der Waals surface area contributed by atoms with Crippen LogP contribution in [0, 0.1) is 3.57 Å². The summed E-state index contributed by atoms with van der Waals surface area (Å²) in [6.45, 7) is 0.441. The summed E-state index contributed by atoms with van der Waals surface area (Å²) in [5.74, 6) is 1.39. The van der Waals surface area contributed by atoms with Crippen LogP contribution in [0.25, 0.3) is 0 Å². The van der Waals surface area contributed by atoms with Gasteiger partial charge in [-0.05, 0) is 46.9 Å². The van der Waals surface area contributed by atoms with Crippen molar-refractivity contribution < 1.29 is 4.74 Å². The molecule has 1 aromatic carbocycles. The van der Waals surface area contributed by atoms with Crippen molar-refractivity contribution in [2.45, 2.75) is 17.3 Å². The highest BCUT2D eigenvalue weighted by atomic mass is 127. The highest BCUT2D eigenvalue weighted by molar-refractivity contribution is 14.1. The molecule has 0 atom stereocenters. The molecule has 20 heavy (non-hydrogen) atoms. The van der Waals surface area contributed by atoms with Gasteiger partial charge in [-0.15, -0.1) is 11.8 Å². The molecule has 0 aliphatic heterocycles. The van der Waals surface area contributed by atoms with E-state index in [1.54, 1.807) is 18.9 Å². The summed E-state index contributed by atoms with van der Waals surface area (Å²) in [6, 6.07) is 8.14. The molecule has 2 aromatic rings. The zero-order chi connectivity index (χ0) is 14.5. The van der Waals surface area contributed by atoms with E-state index < -0.39 is 0 Å². The molecular formula is C13H11BrClIN2OS. The van der Waals surface area contributed by atoms with E-state index in [-0.39, 0.29) is 0 Å². The highest BCUT2D eigenvalue weighted by Crippen LogP contribution is 2.25. The van der Waals surface area contributed by atoms with Gasteiger partial charge in [0.2, 0.25) is 0 Å². The van der Waals surface area contributed by atoms with Crippen molar-refractivity contribution in [2.24, 2.45) is 0 Å². The number of thioether (sulfide) groups is 1. The van der Waals surface area contributed by atoms with E-state index >= 15 is 0 Å². The van der Waals surface area contributed by atoms with E-state index in [0.29, 0.717) is 17.5 Å². The molecule has 7 heteroatoms. The number of methoxy groups -OCH3 is 1. The Balaban J connectivity index is 2.11. The number of aromatic nitrogens is 2. The largest absolute Gasteiger partial charge is 0.378 e. The first-order valence-corrected chi connectivity index (χ1v) is 8.91. The smallest absolute Gasteiger partial charge is 0.146 e. The number of hydrogen-bond donors (Lipinski definition) is 0. The molecule has 0 aliphatic carbocycles. The van der Waals surface area contributed by atoms with Crippen molar-refractivity contribution in [1.29, 1.82) is 0 Å². The molecule has 0 saturated heterocycles.